The van der Waals surface area contributed by atoms with Gasteiger partial charge in [-0.2, -0.15) is 11.8 Å². The number of nitrogens with one attached hydrogen (secondary N) is 1. The van der Waals surface area contributed by atoms with Gasteiger partial charge in [0, 0.05) is 5.75 Å². The van der Waals surface area contributed by atoms with Gasteiger partial charge in [-0.05, 0) is 6.92 Å². The zero-order chi connectivity index (χ0) is 10.3. The van der Waals surface area contributed by atoms with Crippen molar-refractivity contribution in [3.8, 4) is 0 Å². The van der Waals surface area contributed by atoms with Gasteiger partial charge in [0.2, 0.25) is 0 Å². The molecule has 0 fully saturated rings. The molecule has 13 heavy (non-hydrogen) atoms. The first-order valence-electron chi connectivity index (χ1n) is 4.10. The molecular weight excluding hydrogens is 190 g/mol. The molecule has 4 N–H and O–H groups in total. The fraction of sp³-hybridized carbons (Fsp3) is 0.857. The average Bonchev–Trinajstić information content (AvgIpc) is 2.11. The maximum absolute atomic E-state index is 10.3. The SMILES string of the molecule is CC[N+](=N)CCSC[C@H](N)C(=O)O. The summed E-state index contributed by atoms with van der Waals surface area (Å²) in [5.41, 5.74) is 12.5. The number of thioether (sulfide) groups is 1. The van der Waals surface area contributed by atoms with E-state index in [4.69, 9.17) is 16.4 Å². The molecule has 5 nitrogen and oxygen atoms in total. The maximum Gasteiger partial charge on any atom is 0.321 e. The number of nitrogens with two attached hydrogens (primary N) is 1. The summed E-state index contributed by atoms with van der Waals surface area (Å²) in [6.45, 7) is 3.24. The van der Waals surface area contributed by atoms with Crippen LogP contribution < -0.4 is 5.73 Å². The molecule has 0 aromatic rings. The summed E-state index contributed by atoms with van der Waals surface area (Å²) in [5, 5.41) is 8.45. The smallest absolute Gasteiger partial charge is 0.321 e. The van der Waals surface area contributed by atoms with Gasteiger partial charge in [-0.3, -0.25) is 4.79 Å². The molecule has 0 spiro atoms. The van der Waals surface area contributed by atoms with Crippen molar-refractivity contribution in [1.82, 2.24) is 0 Å². The van der Waals surface area contributed by atoms with Crippen LogP contribution in [0.1, 0.15) is 6.92 Å². The van der Waals surface area contributed by atoms with Crippen LogP contribution in [0.3, 0.4) is 0 Å². The number of carbonyl (C=O) groups is 1. The summed E-state index contributed by atoms with van der Waals surface area (Å²) in [6.07, 6.45) is 0. The monoisotopic (exact) mass is 206 g/mol. The Hall–Kier alpha value is -0.620. The molecule has 1 atom stereocenters. The minimum absolute atomic E-state index is 0.410. The molecule has 0 aromatic carbocycles. The van der Waals surface area contributed by atoms with Crippen molar-refractivity contribution >= 4 is 17.7 Å². The van der Waals surface area contributed by atoms with Crippen molar-refractivity contribution in [2.24, 2.45) is 5.73 Å². The highest BCUT2D eigenvalue weighted by molar-refractivity contribution is 7.99. The summed E-state index contributed by atoms with van der Waals surface area (Å²) in [4.78, 5) is 10.3. The van der Waals surface area contributed by atoms with Crippen LogP contribution >= 0.6 is 11.8 Å². The van der Waals surface area contributed by atoms with Crippen LogP contribution in [0.4, 0.5) is 0 Å². The lowest BCUT2D eigenvalue weighted by Crippen LogP contribution is -2.32. The highest BCUT2D eigenvalue weighted by atomic mass is 32.2. The summed E-state index contributed by atoms with van der Waals surface area (Å²) in [5.74, 6) is 0.191. The van der Waals surface area contributed by atoms with Crippen molar-refractivity contribution in [3.63, 3.8) is 0 Å². The Morgan fingerprint density at radius 3 is 2.85 bits per heavy atom. The molecular formula is C7H16N3O2S+. The second-order valence-electron chi connectivity index (χ2n) is 2.60. The molecule has 0 amide bonds. The highest BCUT2D eigenvalue weighted by Gasteiger charge is 2.11. The first-order chi connectivity index (χ1) is 6.07. The van der Waals surface area contributed by atoms with Crippen molar-refractivity contribution in [1.29, 1.82) is 5.53 Å². The van der Waals surface area contributed by atoms with E-state index in [1.807, 2.05) is 6.92 Å². The minimum atomic E-state index is -0.967. The molecule has 0 aromatic heterocycles. The fourth-order valence-corrected chi connectivity index (χ4v) is 1.53. The Morgan fingerprint density at radius 1 is 1.77 bits per heavy atom. The van der Waals surface area contributed by atoms with Crippen LogP contribution in [0.2, 0.25) is 0 Å². The topological polar surface area (TPSA) is 90.2 Å². The van der Waals surface area contributed by atoms with Gasteiger partial charge in [-0.1, -0.05) is 5.53 Å². The van der Waals surface area contributed by atoms with Gasteiger partial charge in [0.15, 0.2) is 13.1 Å². The van der Waals surface area contributed by atoms with Crippen LogP contribution in [0, 0.1) is 5.53 Å². The largest absolute Gasteiger partial charge is 0.480 e. The third kappa shape index (κ3) is 6.53. The lowest BCUT2D eigenvalue weighted by Gasteiger charge is -2.03. The van der Waals surface area contributed by atoms with Crippen LogP contribution in [0.5, 0.6) is 0 Å². The van der Waals surface area contributed by atoms with Gasteiger partial charge in [0.1, 0.15) is 6.04 Å². The Labute approximate surface area is 81.8 Å². The first-order valence-corrected chi connectivity index (χ1v) is 5.25. The zero-order valence-electron chi connectivity index (χ0n) is 7.69. The van der Waals surface area contributed by atoms with E-state index in [1.165, 1.54) is 16.5 Å². The predicted octanol–water partition coefficient (Wildman–Crippen LogP) is 0.195. The second kappa shape index (κ2) is 6.85. The number of aliphatic carboxylic acids is 1. The zero-order valence-corrected chi connectivity index (χ0v) is 8.51. The first kappa shape index (κ1) is 12.4. The normalized spacial score (nSPS) is 12.5. The highest BCUT2D eigenvalue weighted by Crippen LogP contribution is 2.01. The summed E-state index contributed by atoms with van der Waals surface area (Å²) in [6, 6.07) is -0.786. The molecule has 76 valence electrons. The number of hydrogen-bond acceptors (Lipinski definition) is 4. The number of carboxylic acids is 1. The fourth-order valence-electron chi connectivity index (χ4n) is 0.614. The molecule has 0 saturated carbocycles. The number of rotatable bonds is 7. The molecule has 0 aliphatic heterocycles. The van der Waals surface area contributed by atoms with E-state index in [0.29, 0.717) is 18.8 Å². The summed E-state index contributed by atoms with van der Waals surface area (Å²) in [7, 11) is 0. The van der Waals surface area contributed by atoms with E-state index in [1.54, 1.807) is 0 Å². The van der Waals surface area contributed by atoms with Crippen molar-refractivity contribution in [3.05, 3.63) is 0 Å². The number of nitrogens with zero attached hydrogens (tertiary/aromatic N) is 1. The molecule has 0 rings (SSSR count). The third-order valence-corrected chi connectivity index (χ3v) is 2.57. The van der Waals surface area contributed by atoms with Crippen molar-refractivity contribution < 1.29 is 14.6 Å². The standard InChI is InChI=1S/C7H15N3O2S/c1-2-10(9)3-4-13-5-6(8)7(11)12/h6,9H,2-5,8H2,1H3/p+1/t6-/m0/s1. The lowest BCUT2D eigenvalue weighted by atomic mass is 10.4. The molecule has 0 saturated heterocycles. The quantitative estimate of drug-likeness (QED) is 0.315. The molecule has 0 unspecified atom stereocenters. The van der Waals surface area contributed by atoms with Crippen molar-refractivity contribution in [2.75, 3.05) is 24.6 Å². The molecule has 6 heteroatoms. The number of carboxylic acid groups (broad SMARTS) is 1. The van der Waals surface area contributed by atoms with Crippen LogP contribution in [-0.2, 0) is 4.79 Å². The summed E-state index contributed by atoms with van der Waals surface area (Å²) >= 11 is 1.47. The average molecular weight is 206 g/mol. The van der Waals surface area contributed by atoms with Crippen molar-refractivity contribution in [2.45, 2.75) is 13.0 Å². The summed E-state index contributed by atoms with van der Waals surface area (Å²) < 4.78 is 1.43. The lowest BCUT2D eigenvalue weighted by molar-refractivity contribution is -0.607. The van der Waals surface area contributed by atoms with Gasteiger partial charge in [-0.15, -0.1) is 4.70 Å². The van der Waals surface area contributed by atoms with Gasteiger partial charge < -0.3 is 10.8 Å². The Balaban J connectivity index is 3.35. The maximum atomic E-state index is 10.3. The van der Waals surface area contributed by atoms with E-state index < -0.39 is 12.0 Å². The predicted molar refractivity (Wildman–Crippen MR) is 51.3 cm³/mol. The van der Waals surface area contributed by atoms with Crippen LogP contribution in [0.25, 0.3) is 0 Å². The molecule has 0 bridgehead atoms. The minimum Gasteiger partial charge on any atom is -0.480 e. The van der Waals surface area contributed by atoms with E-state index in [-0.39, 0.29) is 0 Å². The molecule has 0 heterocycles. The Morgan fingerprint density at radius 2 is 2.38 bits per heavy atom. The molecule has 0 aliphatic carbocycles. The van der Waals surface area contributed by atoms with Gasteiger partial charge in [-0.25, -0.2) is 0 Å². The van der Waals surface area contributed by atoms with Crippen LogP contribution in [0.15, 0.2) is 0 Å². The van der Waals surface area contributed by atoms with Gasteiger partial charge in [0.25, 0.3) is 0 Å². The van der Waals surface area contributed by atoms with E-state index in [9.17, 15) is 4.79 Å². The Bertz CT molecular complexity index is 187. The molecule has 0 radical (unpaired) electrons. The van der Waals surface area contributed by atoms with Gasteiger partial charge >= 0.3 is 5.97 Å². The van der Waals surface area contributed by atoms with Crippen LogP contribution in [-0.4, -0.2) is 46.4 Å². The number of hydrogen-bond donors (Lipinski definition) is 3. The Kier molecular flexibility index (Phi) is 6.52. The molecule has 0 aliphatic rings. The van der Waals surface area contributed by atoms with E-state index in [0.717, 1.165) is 5.75 Å². The second-order valence-corrected chi connectivity index (χ2v) is 3.75. The third-order valence-electron chi connectivity index (χ3n) is 1.50. The van der Waals surface area contributed by atoms with Gasteiger partial charge in [0.05, 0.1) is 5.75 Å². The van der Waals surface area contributed by atoms with E-state index in [2.05, 4.69) is 0 Å². The van der Waals surface area contributed by atoms with E-state index >= 15 is 0 Å².